The molecule has 4 heteroatoms. The number of rotatable bonds is 3. The van der Waals surface area contributed by atoms with E-state index < -0.39 is 0 Å². The highest BCUT2D eigenvalue weighted by atomic mass is 16.5. The third kappa shape index (κ3) is 1.89. The van der Waals surface area contributed by atoms with E-state index in [1.807, 2.05) is 6.92 Å². The number of hydrogen-bond donors (Lipinski definition) is 2. The Balaban J connectivity index is 3.14. The third-order valence-corrected chi connectivity index (χ3v) is 1.99. The molecular weight excluding hydrogens is 166 g/mol. The van der Waals surface area contributed by atoms with Crippen LogP contribution in [0.4, 0.5) is 5.69 Å². The van der Waals surface area contributed by atoms with Crippen LogP contribution in [0, 0.1) is 0 Å². The van der Waals surface area contributed by atoms with Crippen LogP contribution < -0.4 is 16.2 Å². The molecule has 0 aliphatic carbocycles. The summed E-state index contributed by atoms with van der Waals surface area (Å²) in [6, 6.07) is 1.62. The van der Waals surface area contributed by atoms with E-state index in [9.17, 15) is 0 Å². The van der Waals surface area contributed by atoms with Crippen LogP contribution in [0.15, 0.2) is 12.3 Å². The Kier molecular flexibility index (Phi) is 3.08. The minimum atomic E-state index is -0.108. The largest absolute Gasteiger partial charge is 0.481 e. The van der Waals surface area contributed by atoms with Crippen molar-refractivity contribution < 1.29 is 4.74 Å². The predicted molar refractivity (Wildman–Crippen MR) is 52.4 cm³/mol. The standard InChI is InChI=1S/C9H15N3O/c1-3-6(10)8-7(11)4-5-12-9(8)13-2/h4-6H,3,10H2,1-2H3,(H2,11,12)/t6-/m0/s1. The number of anilines is 1. The first-order valence-electron chi connectivity index (χ1n) is 4.24. The average molecular weight is 181 g/mol. The van der Waals surface area contributed by atoms with Gasteiger partial charge in [0.25, 0.3) is 0 Å². The van der Waals surface area contributed by atoms with E-state index in [1.165, 1.54) is 0 Å². The number of methoxy groups -OCH3 is 1. The summed E-state index contributed by atoms with van der Waals surface area (Å²) >= 11 is 0. The quantitative estimate of drug-likeness (QED) is 0.731. The van der Waals surface area contributed by atoms with Crippen LogP contribution in [0.3, 0.4) is 0 Å². The monoisotopic (exact) mass is 181 g/mol. The molecule has 0 aromatic carbocycles. The smallest absolute Gasteiger partial charge is 0.219 e. The molecule has 72 valence electrons. The maximum absolute atomic E-state index is 5.87. The molecule has 0 saturated heterocycles. The van der Waals surface area contributed by atoms with Crippen molar-refractivity contribution in [3.8, 4) is 5.88 Å². The molecule has 13 heavy (non-hydrogen) atoms. The molecule has 0 saturated carbocycles. The lowest BCUT2D eigenvalue weighted by atomic mass is 10.1. The number of nitrogens with two attached hydrogens (primary N) is 2. The van der Waals surface area contributed by atoms with Crippen molar-refractivity contribution in [2.75, 3.05) is 12.8 Å². The minimum absolute atomic E-state index is 0.108. The number of pyridine rings is 1. The molecule has 4 N–H and O–H groups in total. The lowest BCUT2D eigenvalue weighted by molar-refractivity contribution is 0.388. The molecule has 0 spiro atoms. The molecule has 1 heterocycles. The lowest BCUT2D eigenvalue weighted by Crippen LogP contribution is -2.13. The van der Waals surface area contributed by atoms with E-state index in [-0.39, 0.29) is 6.04 Å². The predicted octanol–water partition coefficient (Wildman–Crippen LogP) is 1.08. The summed E-state index contributed by atoms with van der Waals surface area (Å²) in [6.07, 6.45) is 2.42. The van der Waals surface area contributed by atoms with Gasteiger partial charge in [0.15, 0.2) is 0 Å². The Labute approximate surface area is 77.9 Å². The molecule has 0 aliphatic rings. The summed E-state index contributed by atoms with van der Waals surface area (Å²) < 4.78 is 5.08. The van der Waals surface area contributed by atoms with Gasteiger partial charge in [-0.15, -0.1) is 0 Å². The first-order chi connectivity index (χ1) is 6.20. The van der Waals surface area contributed by atoms with E-state index in [4.69, 9.17) is 16.2 Å². The van der Waals surface area contributed by atoms with Gasteiger partial charge in [-0.1, -0.05) is 6.92 Å². The van der Waals surface area contributed by atoms with E-state index in [1.54, 1.807) is 19.4 Å². The molecule has 0 radical (unpaired) electrons. The highest BCUT2D eigenvalue weighted by Crippen LogP contribution is 2.28. The van der Waals surface area contributed by atoms with Gasteiger partial charge in [0.2, 0.25) is 5.88 Å². The molecule has 1 atom stereocenters. The van der Waals surface area contributed by atoms with Gasteiger partial charge in [0.1, 0.15) is 0 Å². The summed E-state index contributed by atoms with van der Waals surface area (Å²) in [4.78, 5) is 4.04. The summed E-state index contributed by atoms with van der Waals surface area (Å²) in [5.74, 6) is 0.523. The fraction of sp³-hybridized carbons (Fsp3) is 0.444. The van der Waals surface area contributed by atoms with Gasteiger partial charge in [-0.25, -0.2) is 4.98 Å². The zero-order valence-corrected chi connectivity index (χ0v) is 7.95. The molecule has 1 aromatic rings. The van der Waals surface area contributed by atoms with Crippen molar-refractivity contribution in [3.63, 3.8) is 0 Å². The average Bonchev–Trinajstić information content (AvgIpc) is 2.16. The van der Waals surface area contributed by atoms with Crippen LogP contribution in [-0.4, -0.2) is 12.1 Å². The van der Waals surface area contributed by atoms with Crippen molar-refractivity contribution >= 4 is 5.69 Å². The summed E-state index contributed by atoms with van der Waals surface area (Å²) in [5.41, 5.74) is 13.1. The topological polar surface area (TPSA) is 74.2 Å². The van der Waals surface area contributed by atoms with Crippen molar-refractivity contribution in [2.24, 2.45) is 5.73 Å². The van der Waals surface area contributed by atoms with Crippen LogP contribution in [0.2, 0.25) is 0 Å². The molecule has 0 aliphatic heterocycles. The molecular formula is C9H15N3O. The summed E-state index contributed by atoms with van der Waals surface area (Å²) in [6.45, 7) is 2.00. The molecule has 4 nitrogen and oxygen atoms in total. The molecule has 1 aromatic heterocycles. The number of nitrogen functional groups attached to an aromatic ring is 1. The van der Waals surface area contributed by atoms with Crippen LogP contribution in [0.25, 0.3) is 0 Å². The van der Waals surface area contributed by atoms with Crippen LogP contribution >= 0.6 is 0 Å². The minimum Gasteiger partial charge on any atom is -0.481 e. The Morgan fingerprint density at radius 3 is 2.85 bits per heavy atom. The Morgan fingerprint density at radius 1 is 1.62 bits per heavy atom. The normalized spacial score (nSPS) is 12.5. The van der Waals surface area contributed by atoms with Crippen molar-refractivity contribution in [2.45, 2.75) is 19.4 Å². The highest BCUT2D eigenvalue weighted by molar-refractivity contribution is 5.52. The summed E-state index contributed by atoms with van der Waals surface area (Å²) in [7, 11) is 1.56. The number of nitrogens with zero attached hydrogens (tertiary/aromatic N) is 1. The maximum atomic E-state index is 5.87. The van der Waals surface area contributed by atoms with E-state index >= 15 is 0 Å². The van der Waals surface area contributed by atoms with Crippen LogP contribution in [-0.2, 0) is 0 Å². The molecule has 0 amide bonds. The van der Waals surface area contributed by atoms with Crippen molar-refractivity contribution in [1.29, 1.82) is 0 Å². The first-order valence-corrected chi connectivity index (χ1v) is 4.24. The molecule has 1 rings (SSSR count). The molecule has 0 unspecified atom stereocenters. The number of aromatic nitrogens is 1. The molecule has 0 bridgehead atoms. The van der Waals surface area contributed by atoms with Gasteiger partial charge in [-0.2, -0.15) is 0 Å². The van der Waals surface area contributed by atoms with E-state index in [2.05, 4.69) is 4.98 Å². The second-order valence-corrected chi connectivity index (χ2v) is 2.84. The third-order valence-electron chi connectivity index (χ3n) is 1.99. The van der Waals surface area contributed by atoms with E-state index in [0.717, 1.165) is 12.0 Å². The number of hydrogen-bond acceptors (Lipinski definition) is 4. The molecule has 0 fully saturated rings. The second-order valence-electron chi connectivity index (χ2n) is 2.84. The zero-order valence-electron chi connectivity index (χ0n) is 7.95. The van der Waals surface area contributed by atoms with Crippen LogP contribution in [0.5, 0.6) is 5.88 Å². The van der Waals surface area contributed by atoms with Crippen LogP contribution in [0.1, 0.15) is 24.9 Å². The van der Waals surface area contributed by atoms with E-state index in [0.29, 0.717) is 11.6 Å². The Morgan fingerprint density at radius 2 is 2.31 bits per heavy atom. The fourth-order valence-corrected chi connectivity index (χ4v) is 1.21. The highest BCUT2D eigenvalue weighted by Gasteiger charge is 2.14. The van der Waals surface area contributed by atoms with Gasteiger partial charge >= 0.3 is 0 Å². The Hall–Kier alpha value is -1.29. The fourth-order valence-electron chi connectivity index (χ4n) is 1.21. The van der Waals surface area contributed by atoms with Gasteiger partial charge < -0.3 is 16.2 Å². The zero-order chi connectivity index (χ0) is 9.84. The first kappa shape index (κ1) is 9.80. The van der Waals surface area contributed by atoms with Gasteiger partial charge in [-0.05, 0) is 12.5 Å². The van der Waals surface area contributed by atoms with Crippen molar-refractivity contribution in [3.05, 3.63) is 17.8 Å². The summed E-state index contributed by atoms with van der Waals surface area (Å²) in [5, 5.41) is 0. The Bertz CT molecular complexity index is 288. The van der Waals surface area contributed by atoms with Gasteiger partial charge in [0.05, 0.1) is 12.7 Å². The number of ether oxygens (including phenoxy) is 1. The second kappa shape index (κ2) is 4.09. The maximum Gasteiger partial charge on any atom is 0.219 e. The SMILES string of the molecule is CC[C@H](N)c1c(N)ccnc1OC. The van der Waals surface area contributed by atoms with Crippen molar-refractivity contribution in [1.82, 2.24) is 4.98 Å². The van der Waals surface area contributed by atoms with Gasteiger partial charge in [-0.3, -0.25) is 0 Å². The van der Waals surface area contributed by atoms with Gasteiger partial charge in [0, 0.05) is 17.9 Å². The lowest BCUT2D eigenvalue weighted by Gasteiger charge is -2.14.